The van der Waals surface area contributed by atoms with Gasteiger partial charge in [0.25, 0.3) is 11.8 Å². The Hall–Kier alpha value is -1.21. The molecular formula is C14H7BrINO2. The van der Waals surface area contributed by atoms with Gasteiger partial charge in [-0.3, -0.25) is 9.59 Å². The van der Waals surface area contributed by atoms with Crippen LogP contribution >= 0.6 is 38.5 Å². The van der Waals surface area contributed by atoms with E-state index in [1.807, 2.05) is 12.1 Å². The molecule has 0 radical (unpaired) electrons. The summed E-state index contributed by atoms with van der Waals surface area (Å²) in [5.41, 5.74) is 1.52. The van der Waals surface area contributed by atoms with Crippen LogP contribution in [0.25, 0.3) is 0 Å². The Morgan fingerprint density at radius 3 is 2.05 bits per heavy atom. The lowest BCUT2D eigenvalue weighted by Gasteiger charge is -2.14. The number of hydrogen-bond donors (Lipinski definition) is 0. The van der Waals surface area contributed by atoms with E-state index in [0.29, 0.717) is 16.8 Å². The molecule has 0 aliphatic carbocycles. The Labute approximate surface area is 131 Å². The van der Waals surface area contributed by atoms with Gasteiger partial charge in [0, 0.05) is 8.04 Å². The molecule has 0 unspecified atom stereocenters. The van der Waals surface area contributed by atoms with E-state index >= 15 is 0 Å². The fraction of sp³-hybridized carbons (Fsp3) is 0. The lowest BCUT2D eigenvalue weighted by molar-refractivity contribution is 0.0926. The van der Waals surface area contributed by atoms with Crippen LogP contribution < -0.4 is 4.90 Å². The Bertz CT molecular complexity index is 679. The molecule has 0 fully saturated rings. The van der Waals surface area contributed by atoms with E-state index in [0.717, 1.165) is 8.04 Å². The number of fused-ring (bicyclic) bond motifs is 1. The van der Waals surface area contributed by atoms with E-state index < -0.39 is 0 Å². The summed E-state index contributed by atoms with van der Waals surface area (Å²) in [4.78, 5) is 25.8. The molecule has 3 nitrogen and oxygen atoms in total. The van der Waals surface area contributed by atoms with Crippen LogP contribution in [0.3, 0.4) is 0 Å². The second-order valence-corrected chi connectivity index (χ2v) is 6.11. The normalized spacial score (nSPS) is 13.9. The molecule has 19 heavy (non-hydrogen) atoms. The summed E-state index contributed by atoms with van der Waals surface area (Å²) >= 11 is 5.55. The molecule has 1 aliphatic heterocycles. The molecule has 94 valence electrons. The van der Waals surface area contributed by atoms with E-state index in [2.05, 4.69) is 38.5 Å². The molecule has 0 spiro atoms. The maximum absolute atomic E-state index is 12.3. The first-order valence-corrected chi connectivity index (χ1v) is 7.39. The summed E-state index contributed by atoms with van der Waals surface area (Å²) in [5.74, 6) is -0.530. The molecule has 0 saturated heterocycles. The highest BCUT2D eigenvalue weighted by Crippen LogP contribution is 2.31. The molecule has 0 N–H and O–H groups in total. The van der Waals surface area contributed by atoms with E-state index in [9.17, 15) is 9.59 Å². The first-order chi connectivity index (χ1) is 9.09. The molecule has 1 aliphatic rings. The van der Waals surface area contributed by atoms with Gasteiger partial charge < -0.3 is 0 Å². The van der Waals surface area contributed by atoms with Gasteiger partial charge in [-0.1, -0.05) is 12.1 Å². The standard InChI is InChI=1S/C14H7BrINO2/c15-11-6-5-8(7-12(11)16)17-13(18)9-3-1-2-4-10(9)14(17)19/h1-7H. The van der Waals surface area contributed by atoms with Gasteiger partial charge in [0.2, 0.25) is 0 Å². The molecule has 2 aromatic carbocycles. The van der Waals surface area contributed by atoms with Crippen molar-refractivity contribution in [2.24, 2.45) is 0 Å². The van der Waals surface area contributed by atoms with Crippen molar-refractivity contribution >= 4 is 56.0 Å². The fourth-order valence-electron chi connectivity index (χ4n) is 2.05. The average molecular weight is 428 g/mol. The largest absolute Gasteiger partial charge is 0.268 e. The molecule has 2 aromatic rings. The Morgan fingerprint density at radius 1 is 0.947 bits per heavy atom. The first-order valence-electron chi connectivity index (χ1n) is 5.52. The molecule has 1 heterocycles. The van der Waals surface area contributed by atoms with Crippen molar-refractivity contribution in [3.05, 3.63) is 61.6 Å². The minimum absolute atomic E-state index is 0.265. The maximum atomic E-state index is 12.3. The molecule has 0 bridgehead atoms. The molecule has 2 amide bonds. The van der Waals surface area contributed by atoms with Crippen molar-refractivity contribution < 1.29 is 9.59 Å². The molecule has 5 heteroatoms. The molecule has 3 rings (SSSR count). The summed E-state index contributed by atoms with van der Waals surface area (Å²) in [7, 11) is 0. The third-order valence-corrected chi connectivity index (χ3v) is 5.28. The minimum Gasteiger partial charge on any atom is -0.268 e. The maximum Gasteiger partial charge on any atom is 0.266 e. The number of amides is 2. The predicted molar refractivity (Wildman–Crippen MR) is 84.4 cm³/mol. The van der Waals surface area contributed by atoms with Gasteiger partial charge in [-0.2, -0.15) is 0 Å². The Balaban J connectivity index is 2.11. The number of imide groups is 1. The van der Waals surface area contributed by atoms with Gasteiger partial charge >= 0.3 is 0 Å². The van der Waals surface area contributed by atoms with Crippen LogP contribution in [-0.2, 0) is 0 Å². The van der Waals surface area contributed by atoms with E-state index in [4.69, 9.17) is 0 Å². The molecular weight excluding hydrogens is 421 g/mol. The fourth-order valence-corrected chi connectivity index (χ4v) is 2.79. The number of hydrogen-bond acceptors (Lipinski definition) is 2. The van der Waals surface area contributed by atoms with Crippen molar-refractivity contribution in [1.82, 2.24) is 0 Å². The van der Waals surface area contributed by atoms with Crippen LogP contribution in [0.4, 0.5) is 5.69 Å². The molecule has 0 aromatic heterocycles. The number of nitrogens with zero attached hydrogens (tertiary/aromatic N) is 1. The van der Waals surface area contributed by atoms with Crippen LogP contribution in [0, 0.1) is 3.57 Å². The molecule has 0 atom stereocenters. The number of benzene rings is 2. The van der Waals surface area contributed by atoms with Gasteiger partial charge in [0.15, 0.2) is 0 Å². The van der Waals surface area contributed by atoms with Crippen molar-refractivity contribution in [3.63, 3.8) is 0 Å². The highest BCUT2D eigenvalue weighted by atomic mass is 127. The zero-order chi connectivity index (χ0) is 13.6. The zero-order valence-corrected chi connectivity index (χ0v) is 13.3. The van der Waals surface area contributed by atoms with Crippen LogP contribution in [0.2, 0.25) is 0 Å². The third-order valence-electron chi connectivity index (χ3n) is 2.96. The Kier molecular flexibility index (Phi) is 3.18. The second-order valence-electron chi connectivity index (χ2n) is 4.09. The molecule has 0 saturated carbocycles. The van der Waals surface area contributed by atoms with Crippen LogP contribution in [0.1, 0.15) is 20.7 Å². The number of anilines is 1. The second kappa shape index (κ2) is 4.72. The van der Waals surface area contributed by atoms with Crippen molar-refractivity contribution in [3.8, 4) is 0 Å². The monoisotopic (exact) mass is 427 g/mol. The third kappa shape index (κ3) is 2.01. The lowest BCUT2D eigenvalue weighted by atomic mass is 10.1. The minimum atomic E-state index is -0.265. The predicted octanol–water partition coefficient (Wildman–Crippen LogP) is 3.85. The first kappa shape index (κ1) is 12.8. The van der Waals surface area contributed by atoms with Gasteiger partial charge in [0.05, 0.1) is 16.8 Å². The SMILES string of the molecule is O=C1c2ccccc2C(=O)N1c1ccc(Br)c(I)c1. The zero-order valence-electron chi connectivity index (χ0n) is 9.56. The van der Waals surface area contributed by atoms with Gasteiger partial charge in [0.1, 0.15) is 0 Å². The summed E-state index contributed by atoms with van der Waals surface area (Å²) < 4.78 is 1.89. The quantitative estimate of drug-likeness (QED) is 0.512. The lowest BCUT2D eigenvalue weighted by Crippen LogP contribution is -2.29. The Morgan fingerprint density at radius 2 is 1.53 bits per heavy atom. The van der Waals surface area contributed by atoms with E-state index in [1.54, 1.807) is 30.3 Å². The average Bonchev–Trinajstić information content (AvgIpc) is 2.66. The van der Waals surface area contributed by atoms with Gasteiger partial charge in [-0.05, 0) is 68.9 Å². The van der Waals surface area contributed by atoms with Crippen molar-refractivity contribution in [2.45, 2.75) is 0 Å². The highest BCUT2D eigenvalue weighted by Gasteiger charge is 2.36. The summed E-state index contributed by atoms with van der Waals surface area (Å²) in [5, 5.41) is 0. The van der Waals surface area contributed by atoms with E-state index in [-0.39, 0.29) is 11.8 Å². The van der Waals surface area contributed by atoms with Crippen molar-refractivity contribution in [1.29, 1.82) is 0 Å². The number of carbonyl (C=O) groups is 2. The van der Waals surface area contributed by atoms with Crippen molar-refractivity contribution in [2.75, 3.05) is 4.90 Å². The summed E-state index contributed by atoms with van der Waals surface area (Å²) in [6.45, 7) is 0. The van der Waals surface area contributed by atoms with Gasteiger partial charge in [-0.25, -0.2) is 4.90 Å². The van der Waals surface area contributed by atoms with Crippen LogP contribution in [0.15, 0.2) is 46.9 Å². The smallest absolute Gasteiger partial charge is 0.266 e. The van der Waals surface area contributed by atoms with Gasteiger partial charge in [-0.15, -0.1) is 0 Å². The highest BCUT2D eigenvalue weighted by molar-refractivity contribution is 14.1. The number of carbonyl (C=O) groups excluding carboxylic acids is 2. The topological polar surface area (TPSA) is 37.4 Å². The summed E-state index contributed by atoms with van der Waals surface area (Å²) in [6.07, 6.45) is 0. The number of halogens is 2. The number of rotatable bonds is 1. The summed E-state index contributed by atoms with van der Waals surface area (Å²) in [6, 6.07) is 12.3. The van der Waals surface area contributed by atoms with Crippen LogP contribution in [-0.4, -0.2) is 11.8 Å². The van der Waals surface area contributed by atoms with E-state index in [1.165, 1.54) is 4.90 Å². The van der Waals surface area contributed by atoms with Crippen LogP contribution in [0.5, 0.6) is 0 Å².